The summed E-state index contributed by atoms with van der Waals surface area (Å²) < 4.78 is 1.86. The van der Waals surface area contributed by atoms with Gasteiger partial charge in [-0.25, -0.2) is 0 Å². The van der Waals surface area contributed by atoms with Gasteiger partial charge in [-0.05, 0) is 25.8 Å². The number of H-pyrrole nitrogens is 1. The van der Waals surface area contributed by atoms with Crippen LogP contribution in [0.15, 0.2) is 30.3 Å². The lowest BCUT2D eigenvalue weighted by molar-refractivity contribution is 0.440. The van der Waals surface area contributed by atoms with Gasteiger partial charge in [0.25, 0.3) is 0 Å². The van der Waals surface area contributed by atoms with Gasteiger partial charge in [-0.2, -0.15) is 14.7 Å². The molecule has 4 aromatic rings. The molecule has 0 saturated heterocycles. The number of nitrogens with one attached hydrogen (secondary N) is 1. The fraction of sp³-hybridized carbons (Fsp3) is 0.368. The monoisotopic (exact) mass is 364 g/mol. The van der Waals surface area contributed by atoms with Crippen LogP contribution in [0.3, 0.4) is 0 Å². The van der Waals surface area contributed by atoms with E-state index in [-0.39, 0.29) is 0 Å². The second-order valence-electron chi connectivity index (χ2n) is 7.03. The first-order valence-electron chi connectivity index (χ1n) is 9.13. The van der Waals surface area contributed by atoms with Crippen molar-refractivity contribution in [2.24, 2.45) is 0 Å². The van der Waals surface area contributed by atoms with Crippen LogP contribution in [0, 0.1) is 6.92 Å². The van der Waals surface area contributed by atoms with E-state index in [0.717, 1.165) is 27.7 Å². The van der Waals surface area contributed by atoms with Crippen LogP contribution in [0.2, 0.25) is 0 Å². The molecule has 0 amide bonds. The Kier molecular flexibility index (Phi) is 3.81. The van der Waals surface area contributed by atoms with Gasteiger partial charge in [-0.15, -0.1) is 10.2 Å². The molecule has 132 valence electrons. The Morgan fingerprint density at radius 2 is 1.88 bits per heavy atom. The molecule has 5 rings (SSSR count). The van der Waals surface area contributed by atoms with Crippen LogP contribution in [-0.2, 0) is 0 Å². The summed E-state index contributed by atoms with van der Waals surface area (Å²) in [4.78, 5) is 0.854. The maximum Gasteiger partial charge on any atom is 0.235 e. The summed E-state index contributed by atoms with van der Waals surface area (Å²) in [7, 11) is 0. The number of aryl methyl sites for hydroxylation is 1. The maximum absolute atomic E-state index is 4.83. The molecule has 0 unspecified atom stereocenters. The lowest BCUT2D eigenvalue weighted by Crippen LogP contribution is -2.05. The second-order valence-corrected chi connectivity index (χ2v) is 8.01. The van der Waals surface area contributed by atoms with Gasteiger partial charge >= 0.3 is 0 Å². The van der Waals surface area contributed by atoms with Crippen LogP contribution >= 0.6 is 11.3 Å². The number of hydrogen-bond acceptors (Lipinski definition) is 5. The van der Waals surface area contributed by atoms with Crippen molar-refractivity contribution >= 4 is 16.3 Å². The lowest BCUT2D eigenvalue weighted by atomic mass is 9.90. The SMILES string of the molecule is Cc1ccc(-c2cc(-c3nnc4sc(C5CCCCC5)nn34)[nH]n2)cc1. The standard InChI is InChI=1S/C19H20N6S/c1-12-7-9-13(10-8-12)15-11-16(21-20-15)17-22-23-19-25(17)24-18(26-19)14-5-3-2-4-6-14/h7-11,14H,2-6H2,1H3,(H,20,21). The zero-order valence-electron chi connectivity index (χ0n) is 14.6. The van der Waals surface area contributed by atoms with Gasteiger partial charge in [0, 0.05) is 11.5 Å². The molecule has 3 aromatic heterocycles. The third-order valence-electron chi connectivity index (χ3n) is 5.13. The first kappa shape index (κ1) is 15.7. The average Bonchev–Trinajstić information content (AvgIpc) is 3.38. The number of fused-ring (bicyclic) bond motifs is 1. The van der Waals surface area contributed by atoms with Gasteiger partial charge in [0.05, 0.1) is 5.69 Å². The minimum atomic E-state index is 0.577. The zero-order chi connectivity index (χ0) is 17.5. The fourth-order valence-corrected chi connectivity index (χ4v) is 4.63. The van der Waals surface area contributed by atoms with Gasteiger partial charge in [0.2, 0.25) is 10.8 Å². The highest BCUT2D eigenvalue weighted by molar-refractivity contribution is 7.16. The summed E-state index contributed by atoms with van der Waals surface area (Å²) in [5.74, 6) is 1.30. The summed E-state index contributed by atoms with van der Waals surface area (Å²) in [5, 5.41) is 22.2. The highest BCUT2D eigenvalue weighted by atomic mass is 32.1. The van der Waals surface area contributed by atoms with Gasteiger partial charge in [0.15, 0.2) is 0 Å². The number of rotatable bonds is 3. The Hall–Kier alpha value is -2.54. The van der Waals surface area contributed by atoms with E-state index in [1.807, 2.05) is 10.6 Å². The quantitative estimate of drug-likeness (QED) is 0.577. The Bertz CT molecular complexity index is 1040. The molecule has 6 nitrogen and oxygen atoms in total. The smallest absolute Gasteiger partial charge is 0.235 e. The van der Waals surface area contributed by atoms with Gasteiger partial charge in [-0.3, -0.25) is 5.10 Å². The average molecular weight is 364 g/mol. The molecule has 1 aromatic carbocycles. The molecule has 0 atom stereocenters. The van der Waals surface area contributed by atoms with Crippen molar-refractivity contribution in [3.8, 4) is 22.8 Å². The van der Waals surface area contributed by atoms with Crippen LogP contribution < -0.4 is 0 Å². The normalized spacial score (nSPS) is 15.7. The molecule has 0 spiro atoms. The van der Waals surface area contributed by atoms with Crippen LogP contribution in [0.4, 0.5) is 0 Å². The van der Waals surface area contributed by atoms with E-state index in [4.69, 9.17) is 5.10 Å². The first-order valence-corrected chi connectivity index (χ1v) is 9.94. The van der Waals surface area contributed by atoms with Crippen LogP contribution in [0.5, 0.6) is 0 Å². The largest absolute Gasteiger partial charge is 0.274 e. The fourth-order valence-electron chi connectivity index (χ4n) is 3.62. The van der Waals surface area contributed by atoms with E-state index < -0.39 is 0 Å². The van der Waals surface area contributed by atoms with E-state index >= 15 is 0 Å². The van der Waals surface area contributed by atoms with E-state index in [2.05, 4.69) is 51.6 Å². The summed E-state index contributed by atoms with van der Waals surface area (Å²) >= 11 is 1.67. The Labute approximate surface area is 155 Å². The lowest BCUT2D eigenvalue weighted by Gasteiger charge is -2.18. The molecule has 1 fully saturated rings. The minimum Gasteiger partial charge on any atom is -0.274 e. The molecule has 0 aliphatic heterocycles. The van der Waals surface area contributed by atoms with E-state index in [1.165, 1.54) is 42.7 Å². The van der Waals surface area contributed by atoms with Crippen molar-refractivity contribution in [2.75, 3.05) is 0 Å². The molecule has 7 heteroatoms. The zero-order valence-corrected chi connectivity index (χ0v) is 15.5. The Morgan fingerprint density at radius 3 is 2.69 bits per heavy atom. The van der Waals surface area contributed by atoms with Crippen LogP contribution in [0.1, 0.15) is 48.6 Å². The molecular formula is C19H20N6S. The number of aromatic nitrogens is 6. The predicted molar refractivity (Wildman–Crippen MR) is 102 cm³/mol. The van der Waals surface area contributed by atoms with Crippen molar-refractivity contribution in [1.82, 2.24) is 30.0 Å². The van der Waals surface area contributed by atoms with Crippen molar-refractivity contribution in [3.05, 3.63) is 40.9 Å². The number of benzene rings is 1. The molecule has 3 heterocycles. The highest BCUT2D eigenvalue weighted by Gasteiger charge is 2.22. The van der Waals surface area contributed by atoms with E-state index in [1.54, 1.807) is 11.3 Å². The summed E-state index contributed by atoms with van der Waals surface area (Å²) in [6.45, 7) is 2.08. The molecular weight excluding hydrogens is 344 g/mol. The third kappa shape index (κ3) is 2.72. The molecule has 1 N–H and O–H groups in total. The highest BCUT2D eigenvalue weighted by Crippen LogP contribution is 2.35. The summed E-state index contributed by atoms with van der Waals surface area (Å²) in [6.07, 6.45) is 6.43. The summed E-state index contributed by atoms with van der Waals surface area (Å²) in [5.41, 5.74) is 4.06. The number of hydrogen-bond donors (Lipinski definition) is 1. The maximum atomic E-state index is 4.83. The van der Waals surface area contributed by atoms with Crippen molar-refractivity contribution < 1.29 is 0 Å². The van der Waals surface area contributed by atoms with Crippen molar-refractivity contribution in [2.45, 2.75) is 44.9 Å². The Balaban J connectivity index is 1.49. The summed E-state index contributed by atoms with van der Waals surface area (Å²) in [6, 6.07) is 10.4. The van der Waals surface area contributed by atoms with Crippen LogP contribution in [-0.4, -0.2) is 30.0 Å². The van der Waals surface area contributed by atoms with Crippen LogP contribution in [0.25, 0.3) is 27.7 Å². The van der Waals surface area contributed by atoms with E-state index in [0.29, 0.717) is 5.92 Å². The van der Waals surface area contributed by atoms with Crippen molar-refractivity contribution in [3.63, 3.8) is 0 Å². The number of nitrogens with zero attached hydrogens (tertiary/aromatic N) is 5. The molecule has 0 radical (unpaired) electrons. The number of aromatic amines is 1. The Morgan fingerprint density at radius 1 is 1.08 bits per heavy atom. The van der Waals surface area contributed by atoms with Gasteiger partial charge in [-0.1, -0.05) is 60.4 Å². The topological polar surface area (TPSA) is 71.8 Å². The minimum absolute atomic E-state index is 0.577. The molecule has 1 aliphatic rings. The molecule has 1 aliphatic carbocycles. The first-order chi connectivity index (χ1) is 12.8. The third-order valence-corrected chi connectivity index (χ3v) is 6.19. The van der Waals surface area contributed by atoms with Gasteiger partial charge in [0.1, 0.15) is 10.7 Å². The second kappa shape index (κ2) is 6.32. The predicted octanol–water partition coefficient (Wildman–Crippen LogP) is 4.60. The molecule has 0 bridgehead atoms. The molecule has 26 heavy (non-hydrogen) atoms. The van der Waals surface area contributed by atoms with Gasteiger partial charge < -0.3 is 0 Å². The van der Waals surface area contributed by atoms with E-state index in [9.17, 15) is 0 Å². The molecule has 1 saturated carbocycles. The van der Waals surface area contributed by atoms with Crippen molar-refractivity contribution in [1.29, 1.82) is 0 Å².